The number of fused-ring (bicyclic) bond motifs is 2. The SMILES string of the molecule is Cc1ccccc1NC(=O)Nc1ccc(CC(C)(C)N2C(=O)c3cc4c(cc3CCCN2C(=O)c2ccccc2)CN(CCc2ccccc2)C(=O)C(CC(=O)O)C4)cc1. The number of nitrogens with zero attached hydrogens (tertiary/aromatic N) is 3. The molecule has 0 spiro atoms. The van der Waals surface area contributed by atoms with E-state index >= 15 is 4.79 Å². The molecule has 0 fully saturated rings. The molecule has 0 saturated heterocycles. The van der Waals surface area contributed by atoms with Crippen molar-refractivity contribution in [2.75, 3.05) is 23.7 Å². The zero-order valence-corrected chi connectivity index (χ0v) is 34.3. The van der Waals surface area contributed by atoms with E-state index in [0.29, 0.717) is 67.8 Å². The molecule has 0 radical (unpaired) electrons. The summed E-state index contributed by atoms with van der Waals surface area (Å²) in [6.45, 7) is 6.84. The third kappa shape index (κ3) is 9.58. The summed E-state index contributed by atoms with van der Waals surface area (Å²) in [5.74, 6) is -2.70. The van der Waals surface area contributed by atoms with Crippen molar-refractivity contribution in [2.24, 2.45) is 5.92 Å². The van der Waals surface area contributed by atoms with Crippen LogP contribution in [0.15, 0.2) is 121 Å². The molecule has 0 saturated carbocycles. The molecule has 1 atom stereocenters. The van der Waals surface area contributed by atoms with Gasteiger partial charge in [-0.3, -0.25) is 19.2 Å². The number of aryl methyl sites for hydroxylation is 2. The van der Waals surface area contributed by atoms with Gasteiger partial charge in [0.2, 0.25) is 5.91 Å². The fourth-order valence-electron chi connectivity index (χ4n) is 8.39. The molecule has 3 N–H and O–H groups in total. The number of anilines is 2. The van der Waals surface area contributed by atoms with Crippen LogP contribution >= 0.6 is 0 Å². The molecule has 11 nitrogen and oxygen atoms in total. The number of hydrogen-bond acceptors (Lipinski definition) is 5. The zero-order chi connectivity index (χ0) is 42.4. The number of urea groups is 1. The van der Waals surface area contributed by atoms with Crippen molar-refractivity contribution in [3.05, 3.63) is 166 Å². The lowest BCUT2D eigenvalue weighted by Gasteiger charge is -2.46. The number of carboxylic acids is 1. The number of carbonyl (C=O) groups excluding carboxylic acids is 4. The summed E-state index contributed by atoms with van der Waals surface area (Å²) < 4.78 is 0. The zero-order valence-electron chi connectivity index (χ0n) is 34.3. The topological polar surface area (TPSA) is 139 Å². The quantitative estimate of drug-likeness (QED) is 0.123. The lowest BCUT2D eigenvalue weighted by molar-refractivity contribution is -0.144. The number of carboxylic acid groups (broad SMARTS) is 1. The van der Waals surface area contributed by atoms with Gasteiger partial charge in [0.1, 0.15) is 0 Å². The first kappa shape index (κ1) is 41.4. The molecule has 2 aliphatic heterocycles. The van der Waals surface area contributed by atoms with Crippen LogP contribution in [0.4, 0.5) is 16.2 Å². The van der Waals surface area contributed by atoms with E-state index in [9.17, 15) is 24.3 Å². The van der Waals surface area contributed by atoms with E-state index in [2.05, 4.69) is 10.6 Å². The lowest BCUT2D eigenvalue weighted by atomic mass is 9.88. The van der Waals surface area contributed by atoms with E-state index in [-0.39, 0.29) is 36.6 Å². The van der Waals surface area contributed by atoms with Gasteiger partial charge in [-0.2, -0.15) is 0 Å². The Bertz CT molecular complexity index is 2380. The van der Waals surface area contributed by atoms with Gasteiger partial charge in [-0.05, 0) is 123 Å². The third-order valence-corrected chi connectivity index (χ3v) is 11.4. The number of hydrogen-bond donors (Lipinski definition) is 3. The second kappa shape index (κ2) is 18.0. The van der Waals surface area contributed by atoms with Crippen molar-refractivity contribution in [1.29, 1.82) is 0 Å². The molecule has 5 aromatic rings. The van der Waals surface area contributed by atoms with E-state index in [0.717, 1.165) is 33.4 Å². The van der Waals surface area contributed by atoms with E-state index < -0.39 is 17.4 Å². The molecule has 1 unspecified atom stereocenters. The minimum atomic E-state index is -1.06. The monoisotopic (exact) mass is 805 g/mol. The summed E-state index contributed by atoms with van der Waals surface area (Å²) in [5, 5.41) is 18.8. The molecule has 0 bridgehead atoms. The highest BCUT2D eigenvalue weighted by Crippen LogP contribution is 2.34. The van der Waals surface area contributed by atoms with Crippen LogP contribution in [-0.4, -0.2) is 68.4 Å². The van der Waals surface area contributed by atoms with Gasteiger partial charge >= 0.3 is 12.0 Å². The number of hydrazine groups is 1. The Morgan fingerprint density at radius 3 is 2.17 bits per heavy atom. The highest BCUT2D eigenvalue weighted by atomic mass is 16.4. The van der Waals surface area contributed by atoms with Crippen LogP contribution in [0.25, 0.3) is 0 Å². The van der Waals surface area contributed by atoms with Crippen molar-refractivity contribution in [3.8, 4) is 0 Å². The largest absolute Gasteiger partial charge is 0.481 e. The second-order valence-corrected chi connectivity index (χ2v) is 16.4. The molecule has 2 aliphatic rings. The van der Waals surface area contributed by atoms with Gasteiger partial charge in [-0.25, -0.2) is 14.8 Å². The summed E-state index contributed by atoms with van der Waals surface area (Å²) in [5.41, 5.74) is 6.68. The predicted molar refractivity (Wildman–Crippen MR) is 231 cm³/mol. The highest BCUT2D eigenvalue weighted by molar-refractivity contribution is 6.01. The number of amides is 5. The minimum Gasteiger partial charge on any atom is -0.481 e. The fourth-order valence-corrected chi connectivity index (χ4v) is 8.39. The number of rotatable bonds is 11. The van der Waals surface area contributed by atoms with Gasteiger partial charge < -0.3 is 20.6 Å². The van der Waals surface area contributed by atoms with E-state index in [1.54, 1.807) is 39.2 Å². The van der Waals surface area contributed by atoms with Gasteiger partial charge in [0.15, 0.2) is 0 Å². The maximum Gasteiger partial charge on any atom is 0.323 e. The van der Waals surface area contributed by atoms with Gasteiger partial charge in [-0.15, -0.1) is 0 Å². The molecule has 308 valence electrons. The smallest absolute Gasteiger partial charge is 0.323 e. The molecule has 11 heteroatoms. The summed E-state index contributed by atoms with van der Waals surface area (Å²) >= 11 is 0. The van der Waals surface area contributed by atoms with Crippen LogP contribution in [0.1, 0.15) is 80.8 Å². The molecule has 5 aromatic carbocycles. The lowest BCUT2D eigenvalue weighted by Crippen LogP contribution is -2.61. The molecular weight excluding hydrogens is 755 g/mol. The molecule has 0 aliphatic carbocycles. The summed E-state index contributed by atoms with van der Waals surface area (Å²) in [6, 6.07) is 37.3. The Hall–Kier alpha value is -6.75. The van der Waals surface area contributed by atoms with E-state index in [1.165, 1.54) is 0 Å². The highest BCUT2D eigenvalue weighted by Gasteiger charge is 2.41. The van der Waals surface area contributed by atoms with Crippen LogP contribution in [-0.2, 0) is 41.8 Å². The molecule has 7 rings (SSSR count). The summed E-state index contributed by atoms with van der Waals surface area (Å²) in [6.07, 6.45) is 1.97. The van der Waals surface area contributed by atoms with Gasteiger partial charge in [0.25, 0.3) is 11.8 Å². The van der Waals surface area contributed by atoms with E-state index in [1.807, 2.05) is 118 Å². The van der Waals surface area contributed by atoms with Gasteiger partial charge in [0, 0.05) is 42.1 Å². The van der Waals surface area contributed by atoms with Crippen LogP contribution in [0.2, 0.25) is 0 Å². The standard InChI is InChI=1S/C49H51N5O6/c1-33-13-10-11-19-43(33)51-48(60)50-41-22-20-35(21-23-41)31-49(2,3)54-47(59)42-29-38-28-39(30-44(55)56)45(57)52(26-24-34-14-6-4-7-15-34)32-40(38)27-37(42)18-12-25-53(54)46(58)36-16-8-5-9-17-36/h4-11,13-17,19-23,27,29,39H,12,18,24-26,28,30-32H2,1-3H3,(H,55,56)(H2,50,51,60). The first-order valence-corrected chi connectivity index (χ1v) is 20.5. The average molecular weight is 806 g/mol. The second-order valence-electron chi connectivity index (χ2n) is 16.4. The van der Waals surface area contributed by atoms with Crippen LogP contribution in [0.3, 0.4) is 0 Å². The Morgan fingerprint density at radius 1 is 0.783 bits per heavy atom. The van der Waals surface area contributed by atoms with Crippen molar-refractivity contribution < 1.29 is 29.1 Å². The fraction of sp³-hybridized carbons (Fsp3) is 0.286. The average Bonchev–Trinajstić information content (AvgIpc) is 3.35. The normalized spacial score (nSPS) is 15.6. The van der Waals surface area contributed by atoms with Gasteiger partial charge in [0.05, 0.1) is 17.9 Å². The Labute approximate surface area is 351 Å². The number of carbonyl (C=O) groups is 5. The number of para-hydroxylation sites is 1. The summed E-state index contributed by atoms with van der Waals surface area (Å²) in [7, 11) is 0. The predicted octanol–water partition coefficient (Wildman–Crippen LogP) is 8.32. The number of benzene rings is 5. The number of aliphatic carboxylic acids is 1. The van der Waals surface area contributed by atoms with Crippen molar-refractivity contribution >= 4 is 41.1 Å². The Balaban J connectivity index is 1.19. The van der Waals surface area contributed by atoms with Crippen LogP contribution in [0.5, 0.6) is 0 Å². The third-order valence-electron chi connectivity index (χ3n) is 11.4. The van der Waals surface area contributed by atoms with Crippen LogP contribution < -0.4 is 10.6 Å². The number of nitrogens with one attached hydrogen (secondary N) is 2. The molecule has 5 amide bonds. The molecule has 2 heterocycles. The first-order chi connectivity index (χ1) is 28.9. The molecule has 0 aromatic heterocycles. The Morgan fingerprint density at radius 2 is 1.47 bits per heavy atom. The van der Waals surface area contributed by atoms with Crippen molar-refractivity contribution in [3.63, 3.8) is 0 Å². The van der Waals surface area contributed by atoms with Crippen molar-refractivity contribution in [2.45, 2.75) is 71.4 Å². The maximum absolute atomic E-state index is 15.2. The molecule has 60 heavy (non-hydrogen) atoms. The first-order valence-electron chi connectivity index (χ1n) is 20.5. The van der Waals surface area contributed by atoms with Crippen molar-refractivity contribution in [1.82, 2.24) is 14.9 Å². The van der Waals surface area contributed by atoms with Crippen LogP contribution in [0, 0.1) is 12.8 Å². The summed E-state index contributed by atoms with van der Waals surface area (Å²) in [4.78, 5) is 70.2. The maximum atomic E-state index is 15.2. The minimum absolute atomic E-state index is 0.183. The molecular formula is C49H51N5O6. The van der Waals surface area contributed by atoms with E-state index in [4.69, 9.17) is 0 Å². The van der Waals surface area contributed by atoms with Gasteiger partial charge in [-0.1, -0.05) is 84.9 Å². The Kier molecular flexibility index (Phi) is 12.4.